The number of carbonyl (C=O) groups excluding carboxylic acids is 4. The van der Waals surface area contributed by atoms with Crippen LogP contribution in [0.4, 0.5) is 10.5 Å². The topological polar surface area (TPSA) is 154 Å². The van der Waals surface area contributed by atoms with Gasteiger partial charge in [0.05, 0.1) is 11.3 Å². The zero-order valence-corrected chi connectivity index (χ0v) is 21.3. The molecule has 1 saturated heterocycles. The second-order valence-electron chi connectivity index (χ2n) is 7.94. The van der Waals surface area contributed by atoms with Crippen LogP contribution in [0.5, 0.6) is 5.75 Å². The van der Waals surface area contributed by atoms with Crippen molar-refractivity contribution < 1.29 is 38.3 Å². The van der Waals surface area contributed by atoms with Gasteiger partial charge >= 0.3 is 12.1 Å². The van der Waals surface area contributed by atoms with E-state index in [1.807, 2.05) is 17.5 Å². The summed E-state index contributed by atoms with van der Waals surface area (Å²) in [5, 5.41) is 14.8. The average Bonchev–Trinajstić information content (AvgIpc) is 3.41. The highest BCUT2D eigenvalue weighted by atomic mass is 32.2. The van der Waals surface area contributed by atoms with Crippen LogP contribution in [0.15, 0.2) is 65.7 Å². The summed E-state index contributed by atoms with van der Waals surface area (Å²) in [7, 11) is 0. The third-order valence-electron chi connectivity index (χ3n) is 5.42. The van der Waals surface area contributed by atoms with Crippen molar-refractivity contribution in [2.45, 2.75) is 17.8 Å². The molecule has 1 aromatic heterocycles. The van der Waals surface area contributed by atoms with Crippen molar-refractivity contribution in [3.05, 3.63) is 80.7 Å². The Labute approximate surface area is 224 Å². The zero-order chi connectivity index (χ0) is 27.2. The quantitative estimate of drug-likeness (QED) is 0.115. The van der Waals surface area contributed by atoms with E-state index >= 15 is 0 Å². The summed E-state index contributed by atoms with van der Waals surface area (Å²) in [4.78, 5) is 62.7. The number of nitrogens with one attached hydrogen (secondary N) is 1. The van der Waals surface area contributed by atoms with Gasteiger partial charge in [0.2, 0.25) is 5.91 Å². The van der Waals surface area contributed by atoms with Gasteiger partial charge in [-0.3, -0.25) is 24.6 Å². The highest BCUT2D eigenvalue weighted by Crippen LogP contribution is 2.40. The number of hydrogen-bond donors (Lipinski definition) is 1. The summed E-state index contributed by atoms with van der Waals surface area (Å²) in [5.41, 5.74) is 0.0812. The van der Waals surface area contributed by atoms with Crippen molar-refractivity contribution in [1.82, 2.24) is 10.2 Å². The van der Waals surface area contributed by atoms with Gasteiger partial charge in [-0.05, 0) is 23.6 Å². The van der Waals surface area contributed by atoms with Crippen molar-refractivity contribution in [3.8, 4) is 5.75 Å². The lowest BCUT2D eigenvalue weighted by Gasteiger charge is -2.49. The fourth-order valence-electron chi connectivity index (χ4n) is 3.69. The predicted octanol–water partition coefficient (Wildman–Crippen LogP) is 2.80. The Bertz CT molecular complexity index is 1290. The molecular weight excluding hydrogens is 538 g/mol. The molecule has 0 radical (unpaired) electrons. The fraction of sp³-hybridized carbons (Fsp3) is 0.250. The van der Waals surface area contributed by atoms with Crippen LogP contribution in [-0.2, 0) is 30.3 Å². The standard InChI is InChI=1S/C24H21N3O9S2/c1-2-9-34-23(30)20-14(12-35-24(31)36-16-7-5-15(6-8-16)27(32)33)13-38-22-19(21(29)26(20)22)25-18(28)11-17-4-3-10-37-17/h2-8,10,19,22H,1,9,11-13H2,(H,25,28)/t19-,22-/m1/s1. The average molecular weight is 560 g/mol. The largest absolute Gasteiger partial charge is 0.514 e. The van der Waals surface area contributed by atoms with E-state index in [0.717, 1.165) is 4.88 Å². The Morgan fingerprint density at radius 1 is 1.21 bits per heavy atom. The number of nitro benzene ring substituents is 1. The van der Waals surface area contributed by atoms with Gasteiger partial charge in [0.15, 0.2) is 0 Å². The molecule has 0 bridgehead atoms. The van der Waals surface area contributed by atoms with E-state index in [0.29, 0.717) is 5.57 Å². The Morgan fingerprint density at radius 2 is 1.97 bits per heavy atom. The molecule has 198 valence electrons. The number of β-lactam (4-membered cyclic amide) rings is 1. The number of amides is 2. The molecule has 3 heterocycles. The van der Waals surface area contributed by atoms with Crippen LogP contribution in [0.2, 0.25) is 0 Å². The maximum absolute atomic E-state index is 13.0. The molecule has 4 rings (SSSR count). The molecule has 2 amide bonds. The van der Waals surface area contributed by atoms with Gasteiger partial charge in [-0.25, -0.2) is 9.59 Å². The smallest absolute Gasteiger partial charge is 0.457 e. The van der Waals surface area contributed by atoms with Gasteiger partial charge in [0, 0.05) is 28.3 Å². The van der Waals surface area contributed by atoms with Gasteiger partial charge in [0.25, 0.3) is 11.6 Å². The molecule has 0 unspecified atom stereocenters. The number of thiophene rings is 1. The molecule has 1 N–H and O–H groups in total. The summed E-state index contributed by atoms with van der Waals surface area (Å²) in [6.07, 6.45) is 0.404. The number of esters is 1. The van der Waals surface area contributed by atoms with Crippen molar-refractivity contribution in [1.29, 1.82) is 0 Å². The number of thioether (sulfide) groups is 1. The Hall–Kier alpha value is -4.17. The third-order valence-corrected chi connectivity index (χ3v) is 7.63. The lowest BCUT2D eigenvalue weighted by atomic mass is 10.0. The van der Waals surface area contributed by atoms with Gasteiger partial charge in [-0.2, -0.15) is 0 Å². The highest BCUT2D eigenvalue weighted by Gasteiger charge is 2.54. The maximum atomic E-state index is 13.0. The molecule has 14 heteroatoms. The van der Waals surface area contributed by atoms with Gasteiger partial charge in [-0.1, -0.05) is 18.7 Å². The molecule has 1 aromatic carbocycles. The van der Waals surface area contributed by atoms with Crippen LogP contribution in [0.1, 0.15) is 4.88 Å². The van der Waals surface area contributed by atoms with Crippen molar-refractivity contribution in [3.63, 3.8) is 0 Å². The van der Waals surface area contributed by atoms with E-state index in [9.17, 15) is 29.3 Å². The Kier molecular flexibility index (Phi) is 8.43. The van der Waals surface area contributed by atoms with Crippen LogP contribution >= 0.6 is 23.1 Å². The molecule has 2 atom stereocenters. The SMILES string of the molecule is C=CCOC(=O)C1=C(COC(=O)Oc2ccc([N+](=O)[O-])cc2)CS[C@@H]2[C@H](NC(=O)Cc3cccs3)C(=O)N12. The van der Waals surface area contributed by atoms with Gasteiger partial charge < -0.3 is 19.5 Å². The van der Waals surface area contributed by atoms with E-state index < -0.39 is 34.4 Å². The number of fused-ring (bicyclic) bond motifs is 1. The van der Waals surface area contributed by atoms with E-state index in [2.05, 4.69) is 11.9 Å². The van der Waals surface area contributed by atoms with Crippen LogP contribution in [0.25, 0.3) is 0 Å². The number of ether oxygens (including phenoxy) is 3. The molecule has 38 heavy (non-hydrogen) atoms. The first-order valence-corrected chi connectivity index (χ1v) is 13.1. The van der Waals surface area contributed by atoms with Crippen LogP contribution in [-0.4, -0.2) is 64.1 Å². The maximum Gasteiger partial charge on any atom is 0.514 e. The number of hydrogen-bond acceptors (Lipinski definition) is 11. The lowest BCUT2D eigenvalue weighted by molar-refractivity contribution is -0.384. The summed E-state index contributed by atoms with van der Waals surface area (Å²) < 4.78 is 15.3. The van der Waals surface area contributed by atoms with Crippen molar-refractivity contribution in [2.24, 2.45) is 0 Å². The molecule has 0 aliphatic carbocycles. The van der Waals surface area contributed by atoms with E-state index in [-0.39, 0.29) is 48.4 Å². The Balaban J connectivity index is 1.42. The highest BCUT2D eigenvalue weighted by molar-refractivity contribution is 8.00. The van der Waals surface area contributed by atoms with Crippen LogP contribution in [0.3, 0.4) is 0 Å². The first-order valence-electron chi connectivity index (χ1n) is 11.1. The lowest BCUT2D eigenvalue weighted by Crippen LogP contribution is -2.70. The summed E-state index contributed by atoms with van der Waals surface area (Å²) in [6.45, 7) is 3.03. The first-order chi connectivity index (χ1) is 18.3. The van der Waals surface area contributed by atoms with Crippen LogP contribution < -0.4 is 10.1 Å². The molecule has 0 spiro atoms. The zero-order valence-electron chi connectivity index (χ0n) is 19.7. The van der Waals surface area contributed by atoms with Crippen molar-refractivity contribution >= 4 is 52.7 Å². The molecule has 2 aliphatic heterocycles. The molecule has 12 nitrogen and oxygen atoms in total. The number of nitrogens with zero attached hydrogens (tertiary/aromatic N) is 2. The number of non-ortho nitro benzene ring substituents is 1. The second kappa shape index (κ2) is 11.9. The van der Waals surface area contributed by atoms with Gasteiger partial charge in [-0.15, -0.1) is 23.1 Å². The molecule has 1 fully saturated rings. The monoisotopic (exact) mass is 559 g/mol. The summed E-state index contributed by atoms with van der Waals surface area (Å²) in [5.74, 6) is -1.35. The van der Waals surface area contributed by atoms with E-state index in [4.69, 9.17) is 14.2 Å². The minimum absolute atomic E-state index is 0.0253. The molecule has 0 saturated carbocycles. The normalized spacial score (nSPS) is 18.1. The number of benzene rings is 1. The predicted molar refractivity (Wildman–Crippen MR) is 136 cm³/mol. The Morgan fingerprint density at radius 3 is 2.63 bits per heavy atom. The third kappa shape index (κ3) is 6.03. The fourth-order valence-corrected chi connectivity index (χ4v) is 5.72. The number of carbonyl (C=O) groups is 4. The number of rotatable bonds is 10. The second-order valence-corrected chi connectivity index (χ2v) is 10.1. The van der Waals surface area contributed by atoms with E-state index in [1.54, 1.807) is 0 Å². The van der Waals surface area contributed by atoms with Gasteiger partial charge in [0.1, 0.15) is 36.1 Å². The summed E-state index contributed by atoms with van der Waals surface area (Å²) in [6, 6.07) is 7.65. The molecule has 2 aromatic rings. The first kappa shape index (κ1) is 26.9. The molecular formula is C24H21N3O9S2. The number of nitro groups is 1. The minimum Gasteiger partial charge on any atom is -0.457 e. The van der Waals surface area contributed by atoms with E-state index in [1.165, 1.54) is 58.3 Å². The molecule has 2 aliphatic rings. The van der Waals surface area contributed by atoms with Crippen LogP contribution in [0, 0.1) is 10.1 Å². The summed E-state index contributed by atoms with van der Waals surface area (Å²) >= 11 is 2.73. The van der Waals surface area contributed by atoms with Crippen molar-refractivity contribution in [2.75, 3.05) is 19.0 Å². The minimum atomic E-state index is -1.11.